The molecule has 4 atom stereocenters. The van der Waals surface area contributed by atoms with Gasteiger partial charge in [0.1, 0.15) is 11.2 Å². The van der Waals surface area contributed by atoms with Crippen LogP contribution in [0.1, 0.15) is 64.7 Å². The molecule has 0 saturated carbocycles. The molecule has 0 aromatic heterocycles. The molecule has 6 N–H and O–H groups in total. The molecule has 10 nitrogen and oxygen atoms in total. The number of aliphatic hydroxyl groups excluding tert-OH is 3. The fourth-order valence-electron chi connectivity index (χ4n) is 4.52. The molecule has 240 valence electrons. The van der Waals surface area contributed by atoms with Gasteiger partial charge in [-0.3, -0.25) is 0 Å². The summed E-state index contributed by atoms with van der Waals surface area (Å²) in [6, 6.07) is 15.9. The standard InChI is InChI=1S/C33H51N3O7/c1-32(2,3)42-30(40)35-26(19-23-13-8-7-9-14-23)28(38)21-34-22-29(39)27(36-31(41)43-33(4,5)6)20-25-16-11-10-15-24(25)17-12-18-37/h7-11,13-16,26-29,34,37-39H,12,17-22H2,1-6H3,(H,35,40)(H,36,41)/t26-,27+,28-,29?/m0/s1. The highest BCUT2D eigenvalue weighted by atomic mass is 16.6. The molecule has 2 amide bonds. The molecule has 0 saturated heterocycles. The quantitative estimate of drug-likeness (QED) is 0.182. The second-order valence-corrected chi connectivity index (χ2v) is 12.8. The summed E-state index contributed by atoms with van der Waals surface area (Å²) in [7, 11) is 0. The molecule has 43 heavy (non-hydrogen) atoms. The summed E-state index contributed by atoms with van der Waals surface area (Å²) < 4.78 is 10.9. The predicted octanol–water partition coefficient (Wildman–Crippen LogP) is 3.49. The zero-order valence-corrected chi connectivity index (χ0v) is 26.4. The smallest absolute Gasteiger partial charge is 0.407 e. The number of hydrogen-bond donors (Lipinski definition) is 6. The Labute approximate surface area is 256 Å². The first-order valence-electron chi connectivity index (χ1n) is 14.9. The Kier molecular flexibility index (Phi) is 14.4. The summed E-state index contributed by atoms with van der Waals surface area (Å²) in [5, 5.41) is 40.3. The Balaban J connectivity index is 2.11. The maximum atomic E-state index is 12.7. The van der Waals surface area contributed by atoms with Crippen LogP contribution in [0.4, 0.5) is 9.59 Å². The first-order chi connectivity index (χ1) is 20.2. The van der Waals surface area contributed by atoms with E-state index in [0.717, 1.165) is 16.7 Å². The van der Waals surface area contributed by atoms with Crippen molar-refractivity contribution in [2.24, 2.45) is 0 Å². The van der Waals surface area contributed by atoms with Gasteiger partial charge >= 0.3 is 12.2 Å². The number of hydrogen-bond acceptors (Lipinski definition) is 8. The highest BCUT2D eigenvalue weighted by molar-refractivity contribution is 5.68. The first-order valence-corrected chi connectivity index (χ1v) is 14.9. The Bertz CT molecular complexity index is 1120. The molecule has 0 spiro atoms. The molecule has 10 heteroatoms. The second kappa shape index (κ2) is 17.2. The number of aryl methyl sites for hydroxylation is 1. The summed E-state index contributed by atoms with van der Waals surface area (Å²) >= 11 is 0. The van der Waals surface area contributed by atoms with Gasteiger partial charge in [0, 0.05) is 19.7 Å². The Morgan fingerprint density at radius 3 is 1.67 bits per heavy atom. The van der Waals surface area contributed by atoms with Crippen molar-refractivity contribution in [2.75, 3.05) is 19.7 Å². The van der Waals surface area contributed by atoms with Crippen molar-refractivity contribution in [1.29, 1.82) is 0 Å². The normalized spacial score (nSPS) is 14.7. The van der Waals surface area contributed by atoms with Gasteiger partial charge in [-0.15, -0.1) is 0 Å². The highest BCUT2D eigenvalue weighted by Crippen LogP contribution is 2.16. The summed E-state index contributed by atoms with van der Waals surface area (Å²) in [6.45, 7) is 10.8. The topological polar surface area (TPSA) is 149 Å². The van der Waals surface area contributed by atoms with Crippen LogP contribution in [0.2, 0.25) is 0 Å². The molecule has 2 rings (SSSR count). The van der Waals surface area contributed by atoms with Crippen molar-refractivity contribution < 1.29 is 34.4 Å². The molecule has 0 aliphatic rings. The lowest BCUT2D eigenvalue weighted by atomic mass is 9.94. The largest absolute Gasteiger partial charge is 0.444 e. The van der Waals surface area contributed by atoms with E-state index in [-0.39, 0.29) is 19.7 Å². The van der Waals surface area contributed by atoms with Crippen molar-refractivity contribution in [1.82, 2.24) is 16.0 Å². The molecule has 2 aromatic rings. The molecule has 0 aliphatic heterocycles. The highest BCUT2D eigenvalue weighted by Gasteiger charge is 2.28. The minimum Gasteiger partial charge on any atom is -0.444 e. The van der Waals surface area contributed by atoms with E-state index in [2.05, 4.69) is 16.0 Å². The van der Waals surface area contributed by atoms with Crippen LogP contribution in [-0.2, 0) is 28.7 Å². The van der Waals surface area contributed by atoms with E-state index in [1.807, 2.05) is 54.6 Å². The molecular weight excluding hydrogens is 550 g/mol. The van der Waals surface area contributed by atoms with Crippen molar-refractivity contribution >= 4 is 12.2 Å². The van der Waals surface area contributed by atoms with E-state index < -0.39 is 47.7 Å². The number of alkyl carbamates (subject to hydrolysis) is 2. The molecule has 0 bridgehead atoms. The van der Waals surface area contributed by atoms with Crippen LogP contribution in [-0.4, -0.2) is 82.7 Å². The van der Waals surface area contributed by atoms with Crippen molar-refractivity contribution in [3.05, 3.63) is 71.3 Å². The lowest BCUT2D eigenvalue weighted by molar-refractivity contribution is 0.0399. The predicted molar refractivity (Wildman–Crippen MR) is 167 cm³/mol. The van der Waals surface area contributed by atoms with E-state index in [1.54, 1.807) is 41.5 Å². The van der Waals surface area contributed by atoms with Crippen molar-refractivity contribution in [3.8, 4) is 0 Å². The van der Waals surface area contributed by atoms with Gasteiger partial charge < -0.3 is 40.7 Å². The molecule has 2 aromatic carbocycles. The van der Waals surface area contributed by atoms with Crippen LogP contribution in [0.3, 0.4) is 0 Å². The molecule has 0 fully saturated rings. The summed E-state index contributed by atoms with van der Waals surface area (Å²) in [4.78, 5) is 25.2. The van der Waals surface area contributed by atoms with E-state index in [9.17, 15) is 24.9 Å². The number of nitrogens with one attached hydrogen (secondary N) is 3. The van der Waals surface area contributed by atoms with E-state index in [1.165, 1.54) is 0 Å². The van der Waals surface area contributed by atoms with E-state index >= 15 is 0 Å². The van der Waals surface area contributed by atoms with Crippen LogP contribution in [0.5, 0.6) is 0 Å². The molecule has 0 radical (unpaired) electrons. The zero-order valence-electron chi connectivity index (χ0n) is 26.4. The third-order valence-corrected chi connectivity index (χ3v) is 6.50. The molecule has 0 heterocycles. The molecule has 1 unspecified atom stereocenters. The van der Waals surface area contributed by atoms with Crippen molar-refractivity contribution in [2.45, 2.75) is 103 Å². The average Bonchev–Trinajstić information content (AvgIpc) is 2.90. The number of amides is 2. The van der Waals surface area contributed by atoms with Gasteiger partial charge in [0.2, 0.25) is 0 Å². The Morgan fingerprint density at radius 2 is 1.19 bits per heavy atom. The summed E-state index contributed by atoms with van der Waals surface area (Å²) in [5.74, 6) is 0. The van der Waals surface area contributed by atoms with Crippen LogP contribution >= 0.6 is 0 Å². The maximum Gasteiger partial charge on any atom is 0.407 e. The van der Waals surface area contributed by atoms with Gasteiger partial charge in [0.15, 0.2) is 0 Å². The van der Waals surface area contributed by atoms with Gasteiger partial charge in [-0.05, 0) is 83.9 Å². The number of rotatable bonds is 15. The van der Waals surface area contributed by atoms with Crippen LogP contribution < -0.4 is 16.0 Å². The van der Waals surface area contributed by atoms with Crippen molar-refractivity contribution in [3.63, 3.8) is 0 Å². The lowest BCUT2D eigenvalue weighted by Crippen LogP contribution is -2.53. The molecular formula is C33H51N3O7. The monoisotopic (exact) mass is 601 g/mol. The van der Waals surface area contributed by atoms with Crippen LogP contribution in [0.15, 0.2) is 54.6 Å². The number of carbonyl (C=O) groups is 2. The summed E-state index contributed by atoms with van der Waals surface area (Å²) in [5.41, 5.74) is 1.50. The van der Waals surface area contributed by atoms with E-state index in [4.69, 9.17) is 9.47 Å². The van der Waals surface area contributed by atoms with Gasteiger partial charge in [-0.25, -0.2) is 9.59 Å². The maximum absolute atomic E-state index is 12.7. The lowest BCUT2D eigenvalue weighted by Gasteiger charge is -2.29. The number of ether oxygens (including phenoxy) is 2. The van der Waals surface area contributed by atoms with Crippen LogP contribution in [0.25, 0.3) is 0 Å². The zero-order chi connectivity index (χ0) is 32.0. The molecule has 0 aliphatic carbocycles. The SMILES string of the molecule is CC(C)(C)OC(=O)N[C@@H](Cc1ccccc1)[C@@H](O)CNCC(O)[C@@H](Cc1ccccc1CCCO)NC(=O)OC(C)(C)C. The van der Waals surface area contributed by atoms with Gasteiger partial charge in [-0.2, -0.15) is 0 Å². The number of aliphatic hydroxyl groups is 3. The van der Waals surface area contributed by atoms with E-state index in [0.29, 0.717) is 25.7 Å². The first kappa shape index (κ1) is 36.0. The number of benzene rings is 2. The fraction of sp³-hybridized carbons (Fsp3) is 0.576. The fourth-order valence-corrected chi connectivity index (χ4v) is 4.52. The third-order valence-electron chi connectivity index (χ3n) is 6.50. The minimum absolute atomic E-state index is 0.0564. The summed E-state index contributed by atoms with van der Waals surface area (Å²) in [6.07, 6.45) is -1.33. The van der Waals surface area contributed by atoms with Crippen LogP contribution in [0, 0.1) is 0 Å². The Morgan fingerprint density at radius 1 is 0.721 bits per heavy atom. The number of carbonyl (C=O) groups excluding carboxylic acids is 2. The second-order valence-electron chi connectivity index (χ2n) is 12.8. The average molecular weight is 602 g/mol. The third kappa shape index (κ3) is 14.7. The Hall–Kier alpha value is -3.18. The minimum atomic E-state index is -1.03. The van der Waals surface area contributed by atoms with Gasteiger partial charge in [0.25, 0.3) is 0 Å². The van der Waals surface area contributed by atoms with Gasteiger partial charge in [-0.1, -0.05) is 54.6 Å². The van der Waals surface area contributed by atoms with Gasteiger partial charge in [0.05, 0.1) is 24.3 Å².